The number of hydrogen-bond acceptors (Lipinski definition) is 6. The topological polar surface area (TPSA) is 91.9 Å². The van der Waals surface area contributed by atoms with Crippen molar-refractivity contribution in [1.82, 2.24) is 16.0 Å². The third-order valence-corrected chi connectivity index (χ3v) is 5.09. The second-order valence-electron chi connectivity index (χ2n) is 7.52. The summed E-state index contributed by atoms with van der Waals surface area (Å²) in [6.45, 7) is 6.62. The highest BCUT2D eigenvalue weighted by atomic mass is 16.6. The van der Waals surface area contributed by atoms with Gasteiger partial charge in [0.25, 0.3) is 0 Å². The molecule has 138 valence electrons. The minimum Gasteiger partial charge on any atom is -0.388 e. The molecule has 1 amide bonds. The van der Waals surface area contributed by atoms with Gasteiger partial charge >= 0.3 is 0 Å². The molecule has 0 aliphatic carbocycles. The predicted octanol–water partition coefficient (Wildman–Crippen LogP) is -0.471. The molecule has 4 N–H and O–H groups in total. The first kappa shape index (κ1) is 18.1. The van der Waals surface area contributed by atoms with Gasteiger partial charge in [0.05, 0.1) is 24.7 Å². The molecule has 0 aromatic heterocycles. The van der Waals surface area contributed by atoms with E-state index in [1.165, 1.54) is 0 Å². The first-order valence-electron chi connectivity index (χ1n) is 9.25. The molecule has 5 atom stereocenters. The van der Waals surface area contributed by atoms with E-state index in [1.54, 1.807) is 0 Å². The Bertz CT molecular complexity index is 428. The number of carbonyl (C=O) groups is 1. The maximum Gasteiger partial charge on any atom is 0.222 e. The van der Waals surface area contributed by atoms with Crippen LogP contribution in [0.15, 0.2) is 0 Å². The smallest absolute Gasteiger partial charge is 0.222 e. The number of amides is 1. The first-order chi connectivity index (χ1) is 11.5. The van der Waals surface area contributed by atoms with Crippen LogP contribution in [0.1, 0.15) is 39.5 Å². The lowest BCUT2D eigenvalue weighted by Crippen LogP contribution is -2.45. The van der Waals surface area contributed by atoms with Crippen molar-refractivity contribution in [3.63, 3.8) is 0 Å². The van der Waals surface area contributed by atoms with Crippen molar-refractivity contribution < 1.29 is 19.4 Å². The molecule has 0 radical (unpaired) electrons. The summed E-state index contributed by atoms with van der Waals surface area (Å²) >= 11 is 0. The molecule has 3 heterocycles. The van der Waals surface area contributed by atoms with E-state index < -0.39 is 6.10 Å². The van der Waals surface area contributed by atoms with Gasteiger partial charge in [-0.05, 0) is 39.8 Å². The van der Waals surface area contributed by atoms with Crippen LogP contribution in [0.2, 0.25) is 0 Å². The summed E-state index contributed by atoms with van der Waals surface area (Å²) in [5, 5.41) is 20.2. The SMILES string of the molecule is CC(C)NC(=O)CC1CC2OC(CNC3CCNCC3)C(O)C2O1. The van der Waals surface area contributed by atoms with Crippen molar-refractivity contribution in [1.29, 1.82) is 0 Å². The van der Waals surface area contributed by atoms with Crippen LogP contribution in [0.4, 0.5) is 0 Å². The van der Waals surface area contributed by atoms with E-state index in [9.17, 15) is 9.90 Å². The Balaban J connectivity index is 1.41. The summed E-state index contributed by atoms with van der Waals surface area (Å²) in [5.74, 6) is -0.00594. The largest absolute Gasteiger partial charge is 0.388 e. The molecule has 0 aromatic carbocycles. The van der Waals surface area contributed by atoms with Crippen LogP contribution >= 0.6 is 0 Å². The molecule has 3 rings (SSSR count). The zero-order chi connectivity index (χ0) is 17.1. The fourth-order valence-electron chi connectivity index (χ4n) is 3.91. The summed E-state index contributed by atoms with van der Waals surface area (Å²) in [6, 6.07) is 0.626. The highest BCUT2D eigenvalue weighted by molar-refractivity contribution is 5.76. The minimum absolute atomic E-state index is 0.00594. The van der Waals surface area contributed by atoms with Gasteiger partial charge in [-0.25, -0.2) is 0 Å². The van der Waals surface area contributed by atoms with Crippen LogP contribution in [-0.4, -0.2) is 73.3 Å². The number of rotatable bonds is 6. The van der Waals surface area contributed by atoms with E-state index in [2.05, 4.69) is 16.0 Å². The molecule has 7 nitrogen and oxygen atoms in total. The van der Waals surface area contributed by atoms with Gasteiger partial charge in [-0.2, -0.15) is 0 Å². The molecule has 0 saturated carbocycles. The number of aliphatic hydroxyl groups excluding tert-OH is 1. The first-order valence-corrected chi connectivity index (χ1v) is 9.25. The van der Waals surface area contributed by atoms with Crippen LogP contribution in [0.3, 0.4) is 0 Å². The lowest BCUT2D eigenvalue weighted by Gasteiger charge is -2.26. The van der Waals surface area contributed by atoms with Gasteiger partial charge in [0.15, 0.2) is 0 Å². The number of fused-ring (bicyclic) bond motifs is 1. The standard InChI is InChI=1S/C17H31N3O4/c1-10(2)20-15(21)8-12-7-13-17(23-12)16(22)14(24-13)9-19-11-3-5-18-6-4-11/h10-14,16-19,22H,3-9H2,1-2H3,(H,20,21). The highest BCUT2D eigenvalue weighted by Gasteiger charge is 2.50. The zero-order valence-electron chi connectivity index (χ0n) is 14.7. The fraction of sp³-hybridized carbons (Fsp3) is 0.941. The second-order valence-corrected chi connectivity index (χ2v) is 7.52. The van der Waals surface area contributed by atoms with Gasteiger partial charge in [0.1, 0.15) is 12.2 Å². The van der Waals surface area contributed by atoms with Crippen molar-refractivity contribution in [2.75, 3.05) is 19.6 Å². The Morgan fingerprint density at radius 3 is 2.71 bits per heavy atom. The van der Waals surface area contributed by atoms with Gasteiger partial charge in [0.2, 0.25) is 5.91 Å². The van der Waals surface area contributed by atoms with Gasteiger partial charge < -0.3 is 30.5 Å². The third kappa shape index (κ3) is 4.46. The molecule has 3 fully saturated rings. The van der Waals surface area contributed by atoms with Crippen molar-refractivity contribution in [2.45, 2.75) is 82.1 Å². The fourth-order valence-corrected chi connectivity index (χ4v) is 3.91. The average Bonchev–Trinajstić information content (AvgIpc) is 3.04. The molecule has 7 heteroatoms. The Morgan fingerprint density at radius 1 is 1.29 bits per heavy atom. The number of carbonyl (C=O) groups excluding carboxylic acids is 1. The molecule has 3 aliphatic heterocycles. The number of nitrogens with one attached hydrogen (secondary N) is 3. The van der Waals surface area contributed by atoms with Gasteiger partial charge in [-0.3, -0.25) is 4.79 Å². The van der Waals surface area contributed by atoms with Gasteiger partial charge in [-0.1, -0.05) is 0 Å². The molecule has 3 aliphatic rings. The molecule has 5 unspecified atom stereocenters. The predicted molar refractivity (Wildman–Crippen MR) is 89.7 cm³/mol. The summed E-state index contributed by atoms with van der Waals surface area (Å²) in [4.78, 5) is 11.8. The van der Waals surface area contributed by atoms with E-state index in [0.717, 1.165) is 25.9 Å². The summed E-state index contributed by atoms with van der Waals surface area (Å²) in [7, 11) is 0. The van der Waals surface area contributed by atoms with E-state index in [-0.39, 0.29) is 36.4 Å². The molecular weight excluding hydrogens is 310 g/mol. The number of piperidine rings is 1. The molecular formula is C17H31N3O4. The number of aliphatic hydroxyl groups is 1. The van der Waals surface area contributed by atoms with Crippen LogP contribution in [0.25, 0.3) is 0 Å². The van der Waals surface area contributed by atoms with Crippen molar-refractivity contribution >= 4 is 5.91 Å². The van der Waals surface area contributed by atoms with Crippen molar-refractivity contribution in [2.24, 2.45) is 0 Å². The minimum atomic E-state index is -0.623. The van der Waals surface area contributed by atoms with E-state index in [0.29, 0.717) is 25.4 Å². The Labute approximate surface area is 143 Å². The highest BCUT2D eigenvalue weighted by Crippen LogP contribution is 2.35. The molecule has 0 bridgehead atoms. The lowest BCUT2D eigenvalue weighted by molar-refractivity contribution is -0.125. The lowest BCUT2D eigenvalue weighted by atomic mass is 10.0. The van der Waals surface area contributed by atoms with E-state index in [1.807, 2.05) is 13.8 Å². The maximum absolute atomic E-state index is 11.8. The third-order valence-electron chi connectivity index (χ3n) is 5.09. The molecule has 0 spiro atoms. The van der Waals surface area contributed by atoms with Crippen LogP contribution < -0.4 is 16.0 Å². The Hall–Kier alpha value is -0.730. The van der Waals surface area contributed by atoms with Gasteiger partial charge in [-0.15, -0.1) is 0 Å². The number of ether oxygens (including phenoxy) is 2. The number of hydrogen-bond donors (Lipinski definition) is 4. The van der Waals surface area contributed by atoms with Crippen molar-refractivity contribution in [3.8, 4) is 0 Å². The molecule has 0 aromatic rings. The van der Waals surface area contributed by atoms with Crippen molar-refractivity contribution in [3.05, 3.63) is 0 Å². The van der Waals surface area contributed by atoms with Gasteiger partial charge in [0, 0.05) is 25.0 Å². The molecule has 3 saturated heterocycles. The van der Waals surface area contributed by atoms with Crippen LogP contribution in [-0.2, 0) is 14.3 Å². The normalized spacial score (nSPS) is 36.9. The molecule has 24 heavy (non-hydrogen) atoms. The summed E-state index contributed by atoms with van der Waals surface area (Å²) < 4.78 is 11.9. The van der Waals surface area contributed by atoms with E-state index in [4.69, 9.17) is 9.47 Å². The summed E-state index contributed by atoms with van der Waals surface area (Å²) in [6.07, 6.45) is 1.82. The van der Waals surface area contributed by atoms with E-state index >= 15 is 0 Å². The monoisotopic (exact) mass is 341 g/mol. The average molecular weight is 341 g/mol. The Morgan fingerprint density at radius 2 is 2.04 bits per heavy atom. The zero-order valence-corrected chi connectivity index (χ0v) is 14.7. The second kappa shape index (κ2) is 8.10. The Kier molecular flexibility index (Phi) is 6.10. The van der Waals surface area contributed by atoms with Crippen LogP contribution in [0, 0.1) is 0 Å². The quantitative estimate of drug-likeness (QED) is 0.522. The summed E-state index contributed by atoms with van der Waals surface area (Å²) in [5.41, 5.74) is 0. The maximum atomic E-state index is 11.8. The van der Waals surface area contributed by atoms with Crippen LogP contribution in [0.5, 0.6) is 0 Å².